The van der Waals surface area contributed by atoms with Crippen LogP contribution < -0.4 is 10.2 Å². The molecule has 0 radical (unpaired) electrons. The van der Waals surface area contributed by atoms with Crippen molar-refractivity contribution >= 4 is 23.3 Å². The fraction of sp³-hybridized carbons (Fsp3) is 0.391. The molecule has 0 spiro atoms. The molecule has 0 saturated carbocycles. The van der Waals surface area contributed by atoms with Crippen molar-refractivity contribution < 1.29 is 14.3 Å². The molecule has 29 heavy (non-hydrogen) atoms. The van der Waals surface area contributed by atoms with Crippen LogP contribution >= 0.6 is 0 Å². The van der Waals surface area contributed by atoms with Gasteiger partial charge in [-0.3, -0.25) is 9.69 Å². The van der Waals surface area contributed by atoms with E-state index >= 15 is 0 Å². The van der Waals surface area contributed by atoms with Crippen LogP contribution in [0.25, 0.3) is 0 Å². The van der Waals surface area contributed by atoms with Gasteiger partial charge in [0.25, 0.3) is 0 Å². The molecule has 0 bridgehead atoms. The van der Waals surface area contributed by atoms with Gasteiger partial charge in [-0.2, -0.15) is 0 Å². The Bertz CT molecular complexity index is 866. The molecule has 1 aliphatic heterocycles. The van der Waals surface area contributed by atoms with Gasteiger partial charge < -0.3 is 15.0 Å². The van der Waals surface area contributed by atoms with E-state index in [1.165, 1.54) is 7.11 Å². The predicted octanol–water partition coefficient (Wildman–Crippen LogP) is 3.32. The summed E-state index contributed by atoms with van der Waals surface area (Å²) in [5, 5.41) is 3.03. The van der Waals surface area contributed by atoms with Gasteiger partial charge in [0.2, 0.25) is 5.91 Å². The molecule has 2 atom stereocenters. The molecule has 1 amide bonds. The van der Waals surface area contributed by atoms with E-state index in [1.54, 1.807) is 12.1 Å². The number of hydrogen-bond acceptors (Lipinski definition) is 5. The van der Waals surface area contributed by atoms with E-state index in [2.05, 4.69) is 22.0 Å². The zero-order chi connectivity index (χ0) is 21.0. The lowest BCUT2D eigenvalue weighted by Gasteiger charge is -2.43. The van der Waals surface area contributed by atoms with E-state index in [9.17, 15) is 9.59 Å². The molecule has 1 fully saturated rings. The van der Waals surface area contributed by atoms with Crippen LogP contribution in [-0.4, -0.2) is 55.6 Å². The van der Waals surface area contributed by atoms with Gasteiger partial charge in [-0.15, -0.1) is 0 Å². The smallest absolute Gasteiger partial charge is 0.337 e. The summed E-state index contributed by atoms with van der Waals surface area (Å²) in [4.78, 5) is 28.9. The van der Waals surface area contributed by atoms with E-state index < -0.39 is 0 Å². The van der Waals surface area contributed by atoms with Gasteiger partial charge in [-0.25, -0.2) is 4.79 Å². The molecule has 0 aliphatic carbocycles. The first kappa shape index (κ1) is 20.9. The predicted molar refractivity (Wildman–Crippen MR) is 115 cm³/mol. The number of carbonyl (C=O) groups excluding carboxylic acids is 2. The molecule has 1 heterocycles. The molecule has 2 aromatic rings. The summed E-state index contributed by atoms with van der Waals surface area (Å²) in [6.07, 6.45) is 0. The van der Waals surface area contributed by atoms with Gasteiger partial charge in [-0.05, 0) is 62.7 Å². The summed E-state index contributed by atoms with van der Waals surface area (Å²) >= 11 is 0. The number of rotatable bonds is 5. The number of benzene rings is 2. The molecule has 3 rings (SSSR count). The normalized spacial score (nSPS) is 18.2. The first-order chi connectivity index (χ1) is 13.9. The van der Waals surface area contributed by atoms with Crippen molar-refractivity contribution in [3.63, 3.8) is 0 Å². The van der Waals surface area contributed by atoms with Gasteiger partial charge >= 0.3 is 5.97 Å². The van der Waals surface area contributed by atoms with Crippen molar-refractivity contribution in [2.75, 3.05) is 37.0 Å². The average molecular weight is 396 g/mol. The largest absolute Gasteiger partial charge is 0.465 e. The number of anilines is 2. The number of nitrogens with zero attached hydrogens (tertiary/aromatic N) is 2. The standard InChI is InChI=1S/C23H29N3O3/c1-16-6-5-7-20(14-16)24-22(27)18(3)26-13-12-25(15-17(26)2)21-10-8-19(9-11-21)23(28)29-4/h5-11,14,17-18H,12-13,15H2,1-4H3,(H,24,27). The van der Waals surface area contributed by atoms with Crippen molar-refractivity contribution in [2.45, 2.75) is 32.9 Å². The Hall–Kier alpha value is -2.86. The number of aryl methyl sites for hydroxylation is 1. The Morgan fingerprint density at radius 1 is 1.14 bits per heavy atom. The van der Waals surface area contributed by atoms with Crippen LogP contribution in [0.2, 0.25) is 0 Å². The topological polar surface area (TPSA) is 61.9 Å². The Morgan fingerprint density at radius 3 is 2.48 bits per heavy atom. The Kier molecular flexibility index (Phi) is 6.54. The van der Waals surface area contributed by atoms with Crippen LogP contribution in [0.3, 0.4) is 0 Å². The third-order valence-electron chi connectivity index (χ3n) is 5.49. The number of carbonyl (C=O) groups is 2. The second kappa shape index (κ2) is 9.09. The first-order valence-electron chi connectivity index (χ1n) is 9.95. The van der Waals surface area contributed by atoms with Crippen molar-refractivity contribution in [3.8, 4) is 0 Å². The van der Waals surface area contributed by atoms with Crippen LogP contribution in [0.15, 0.2) is 48.5 Å². The van der Waals surface area contributed by atoms with Crippen molar-refractivity contribution in [1.29, 1.82) is 0 Å². The number of nitrogens with one attached hydrogen (secondary N) is 1. The lowest BCUT2D eigenvalue weighted by atomic mass is 10.1. The summed E-state index contributed by atoms with van der Waals surface area (Å²) in [6, 6.07) is 15.3. The average Bonchev–Trinajstić information content (AvgIpc) is 2.72. The lowest BCUT2D eigenvalue weighted by Crippen LogP contribution is -2.57. The molecule has 6 nitrogen and oxygen atoms in total. The molecule has 0 aromatic heterocycles. The Morgan fingerprint density at radius 2 is 1.86 bits per heavy atom. The third-order valence-corrected chi connectivity index (χ3v) is 5.49. The lowest BCUT2D eigenvalue weighted by molar-refractivity contribution is -0.121. The zero-order valence-corrected chi connectivity index (χ0v) is 17.5. The maximum Gasteiger partial charge on any atom is 0.337 e. The minimum Gasteiger partial charge on any atom is -0.465 e. The fourth-order valence-corrected chi connectivity index (χ4v) is 3.83. The maximum atomic E-state index is 12.7. The van der Waals surface area contributed by atoms with Crippen LogP contribution in [0.4, 0.5) is 11.4 Å². The summed E-state index contributed by atoms with van der Waals surface area (Å²) in [6.45, 7) is 8.55. The summed E-state index contributed by atoms with van der Waals surface area (Å²) < 4.78 is 4.75. The fourth-order valence-electron chi connectivity index (χ4n) is 3.83. The van der Waals surface area contributed by atoms with Crippen LogP contribution in [0, 0.1) is 6.92 Å². The maximum absolute atomic E-state index is 12.7. The molecular formula is C23H29N3O3. The number of esters is 1. The Balaban J connectivity index is 1.60. The minimum atomic E-state index is -0.330. The molecule has 1 aliphatic rings. The Labute approximate surface area is 172 Å². The molecule has 1 N–H and O–H groups in total. The van der Waals surface area contributed by atoms with Gasteiger partial charge in [0.05, 0.1) is 18.7 Å². The summed E-state index contributed by atoms with van der Waals surface area (Å²) in [7, 11) is 1.38. The van der Waals surface area contributed by atoms with Crippen molar-refractivity contribution in [3.05, 3.63) is 59.7 Å². The number of amides is 1. The van der Waals surface area contributed by atoms with Gasteiger partial charge in [-0.1, -0.05) is 12.1 Å². The second-order valence-corrected chi connectivity index (χ2v) is 7.61. The van der Waals surface area contributed by atoms with E-state index in [4.69, 9.17) is 4.74 Å². The number of ether oxygens (including phenoxy) is 1. The van der Waals surface area contributed by atoms with E-state index in [0.29, 0.717) is 5.56 Å². The van der Waals surface area contributed by atoms with E-state index in [1.807, 2.05) is 50.2 Å². The van der Waals surface area contributed by atoms with E-state index in [0.717, 1.165) is 36.6 Å². The second-order valence-electron chi connectivity index (χ2n) is 7.61. The minimum absolute atomic E-state index is 0.0123. The highest BCUT2D eigenvalue weighted by Gasteiger charge is 2.31. The van der Waals surface area contributed by atoms with E-state index in [-0.39, 0.29) is 24.0 Å². The van der Waals surface area contributed by atoms with Crippen LogP contribution in [0.1, 0.15) is 29.8 Å². The molecule has 6 heteroatoms. The molecular weight excluding hydrogens is 366 g/mol. The first-order valence-corrected chi connectivity index (χ1v) is 9.95. The van der Waals surface area contributed by atoms with Gasteiger partial charge in [0, 0.05) is 37.1 Å². The van der Waals surface area contributed by atoms with Crippen LogP contribution in [0.5, 0.6) is 0 Å². The van der Waals surface area contributed by atoms with Crippen molar-refractivity contribution in [1.82, 2.24) is 4.90 Å². The number of methoxy groups -OCH3 is 1. The van der Waals surface area contributed by atoms with Crippen molar-refractivity contribution in [2.24, 2.45) is 0 Å². The highest BCUT2D eigenvalue weighted by atomic mass is 16.5. The van der Waals surface area contributed by atoms with Gasteiger partial charge in [0.1, 0.15) is 0 Å². The third kappa shape index (κ3) is 4.95. The molecule has 154 valence electrons. The SMILES string of the molecule is COC(=O)c1ccc(N2CCN(C(C)C(=O)Nc3cccc(C)c3)C(C)C2)cc1. The summed E-state index contributed by atoms with van der Waals surface area (Å²) in [5.74, 6) is -0.318. The summed E-state index contributed by atoms with van der Waals surface area (Å²) in [5.41, 5.74) is 3.57. The zero-order valence-electron chi connectivity index (χ0n) is 17.5. The van der Waals surface area contributed by atoms with Gasteiger partial charge in [0.15, 0.2) is 0 Å². The highest BCUT2D eigenvalue weighted by molar-refractivity contribution is 5.94. The molecule has 2 unspecified atom stereocenters. The number of hydrogen-bond donors (Lipinski definition) is 1. The molecule has 2 aromatic carbocycles. The molecule has 1 saturated heterocycles. The highest BCUT2D eigenvalue weighted by Crippen LogP contribution is 2.22. The quantitative estimate of drug-likeness (QED) is 0.787. The number of piperazine rings is 1. The van der Waals surface area contributed by atoms with Crippen LogP contribution in [-0.2, 0) is 9.53 Å². The monoisotopic (exact) mass is 395 g/mol.